The minimum Gasteiger partial charge on any atom is -0.480 e. The highest BCUT2D eigenvalue weighted by Crippen LogP contribution is 2.58. The molecule has 0 saturated carbocycles. The van der Waals surface area contributed by atoms with E-state index in [-0.39, 0.29) is 0 Å². The molecule has 0 fully saturated rings. The third-order valence-electron chi connectivity index (χ3n) is 2.60. The Bertz CT molecular complexity index is 469. The molecule has 1 unspecified atom stereocenters. The molecule has 0 aromatic heterocycles. The Labute approximate surface area is 134 Å². The Morgan fingerprint density at radius 1 is 0.826 bits per heavy atom. The van der Waals surface area contributed by atoms with Crippen molar-refractivity contribution >= 4 is 28.6 Å². The normalized spacial score (nSPS) is 17.8. The van der Waals surface area contributed by atoms with Crippen molar-refractivity contribution in [3.8, 4) is 0 Å². The number of rotatable bonds is 6. The van der Waals surface area contributed by atoms with Gasteiger partial charge in [0.2, 0.25) is 0 Å². The van der Waals surface area contributed by atoms with Crippen LogP contribution in [0, 0.1) is 0 Å². The molecule has 1 N–H and O–H groups in total. The Morgan fingerprint density at radius 2 is 1.17 bits per heavy atom. The van der Waals surface area contributed by atoms with E-state index >= 15 is 0 Å². The van der Waals surface area contributed by atoms with E-state index in [0.29, 0.717) is 29.5 Å². The Balaban J connectivity index is 6.00. The van der Waals surface area contributed by atoms with Gasteiger partial charge in [-0.15, -0.1) is 0 Å². The zero-order chi connectivity index (χ0) is 19.3. The van der Waals surface area contributed by atoms with Crippen molar-refractivity contribution in [3.05, 3.63) is 0 Å². The van der Waals surface area contributed by atoms with Crippen LogP contribution in [-0.4, -0.2) is 44.4 Å². The second-order valence-electron chi connectivity index (χ2n) is 4.60. The lowest BCUT2D eigenvalue weighted by atomic mass is 9.91. The summed E-state index contributed by atoms with van der Waals surface area (Å²) in [5.74, 6) is -30.6. The first-order valence-electron chi connectivity index (χ1n) is 5.15. The molecular formula is C9H6F11IO2. The highest BCUT2D eigenvalue weighted by molar-refractivity contribution is 14.1. The van der Waals surface area contributed by atoms with E-state index in [2.05, 4.69) is 0 Å². The number of alkyl halides is 12. The summed E-state index contributed by atoms with van der Waals surface area (Å²) in [4.78, 5) is 10.5. The van der Waals surface area contributed by atoms with Crippen LogP contribution in [0.25, 0.3) is 0 Å². The van der Waals surface area contributed by atoms with Gasteiger partial charge in [0, 0.05) is 6.42 Å². The van der Waals surface area contributed by atoms with Crippen LogP contribution in [0.2, 0.25) is 0 Å². The second kappa shape index (κ2) is 5.75. The van der Waals surface area contributed by atoms with Gasteiger partial charge in [-0.25, -0.2) is 0 Å². The fourth-order valence-electron chi connectivity index (χ4n) is 1.21. The summed E-state index contributed by atoms with van der Waals surface area (Å²) < 4.78 is 136. The maximum absolute atomic E-state index is 13.3. The zero-order valence-corrected chi connectivity index (χ0v) is 12.8. The monoisotopic (exact) mass is 482 g/mol. The number of aliphatic carboxylic acids is 1. The number of halogens is 12. The Hall–Kier alpha value is -0.570. The van der Waals surface area contributed by atoms with Crippen LogP contribution in [0.1, 0.15) is 13.3 Å². The van der Waals surface area contributed by atoms with Crippen LogP contribution in [0.5, 0.6) is 0 Å². The molecule has 138 valence electrons. The van der Waals surface area contributed by atoms with Gasteiger partial charge in [-0.3, -0.25) is 4.79 Å². The van der Waals surface area contributed by atoms with E-state index in [4.69, 9.17) is 5.11 Å². The van der Waals surface area contributed by atoms with Crippen molar-refractivity contribution in [2.24, 2.45) is 0 Å². The molecule has 0 heterocycles. The first kappa shape index (κ1) is 22.4. The molecule has 0 radical (unpaired) electrons. The van der Waals surface area contributed by atoms with Gasteiger partial charge in [0.05, 0.1) is 0 Å². The topological polar surface area (TPSA) is 37.3 Å². The third kappa shape index (κ3) is 3.60. The summed E-state index contributed by atoms with van der Waals surface area (Å²) in [6.07, 6.45) is -9.86. The average Bonchev–Trinajstić information content (AvgIpc) is 2.24. The molecule has 0 amide bonds. The zero-order valence-electron chi connectivity index (χ0n) is 10.6. The summed E-state index contributed by atoms with van der Waals surface area (Å²) >= 11 is 0.629. The van der Waals surface area contributed by atoms with Crippen LogP contribution >= 0.6 is 22.6 Å². The molecule has 0 bridgehead atoms. The van der Waals surface area contributed by atoms with E-state index in [9.17, 15) is 53.1 Å². The maximum Gasteiger partial charge on any atom is 0.460 e. The molecule has 0 aromatic rings. The van der Waals surface area contributed by atoms with E-state index in [0.717, 1.165) is 0 Å². The van der Waals surface area contributed by atoms with Gasteiger partial charge in [0.1, 0.15) is 3.42 Å². The van der Waals surface area contributed by atoms with Crippen LogP contribution in [0.15, 0.2) is 0 Å². The average molecular weight is 482 g/mol. The largest absolute Gasteiger partial charge is 0.480 e. The standard InChI is InChI=1S/C9H6F11IO2/c1-4(21,3(22)23)2-5(10,11)6(12,13)7(14,15)8(16,17)9(18,19)20/h2H2,1H3,(H,22,23). The van der Waals surface area contributed by atoms with E-state index in [1.54, 1.807) is 0 Å². The van der Waals surface area contributed by atoms with Crippen molar-refractivity contribution in [2.45, 2.75) is 46.6 Å². The maximum atomic E-state index is 13.3. The Kier molecular flexibility index (Phi) is 5.61. The summed E-state index contributed by atoms with van der Waals surface area (Å²) in [5.41, 5.74) is 0. The molecule has 14 heteroatoms. The van der Waals surface area contributed by atoms with Crippen LogP contribution < -0.4 is 0 Å². The van der Waals surface area contributed by atoms with Gasteiger partial charge in [-0.2, -0.15) is 48.3 Å². The molecule has 23 heavy (non-hydrogen) atoms. The van der Waals surface area contributed by atoms with Gasteiger partial charge in [-0.05, 0) is 6.92 Å². The number of carboxylic acids is 1. The molecule has 0 aliphatic rings. The lowest BCUT2D eigenvalue weighted by Gasteiger charge is -2.38. The molecule has 0 rings (SSSR count). The van der Waals surface area contributed by atoms with E-state index < -0.39 is 45.7 Å². The fraction of sp³-hybridized carbons (Fsp3) is 0.889. The molecule has 0 spiro atoms. The summed E-state index contributed by atoms with van der Waals surface area (Å²) in [7, 11) is 0. The van der Waals surface area contributed by atoms with Crippen molar-refractivity contribution in [2.75, 3.05) is 0 Å². The van der Waals surface area contributed by atoms with E-state index in [1.165, 1.54) is 0 Å². The predicted octanol–water partition coefficient (Wildman–Crippen LogP) is 4.76. The lowest BCUT2D eigenvalue weighted by Crippen LogP contribution is -2.67. The minimum atomic E-state index is -7.52. The third-order valence-corrected chi connectivity index (χ3v) is 3.45. The highest BCUT2D eigenvalue weighted by Gasteiger charge is 2.87. The molecule has 0 aromatic carbocycles. The summed E-state index contributed by atoms with van der Waals surface area (Å²) in [6, 6.07) is 0. The van der Waals surface area contributed by atoms with Crippen molar-refractivity contribution in [3.63, 3.8) is 0 Å². The van der Waals surface area contributed by atoms with Crippen LogP contribution in [-0.2, 0) is 4.79 Å². The summed E-state index contributed by atoms with van der Waals surface area (Å²) in [5, 5.41) is 8.46. The first-order chi connectivity index (χ1) is 9.65. The number of hydrogen-bond donors (Lipinski definition) is 1. The summed E-state index contributed by atoms with van der Waals surface area (Å²) in [6.45, 7) is 0.361. The number of hydrogen-bond acceptors (Lipinski definition) is 1. The van der Waals surface area contributed by atoms with Crippen molar-refractivity contribution in [1.82, 2.24) is 0 Å². The van der Waals surface area contributed by atoms with E-state index in [1.807, 2.05) is 0 Å². The first-order valence-corrected chi connectivity index (χ1v) is 6.23. The molecule has 2 nitrogen and oxygen atoms in total. The lowest BCUT2D eigenvalue weighted by molar-refractivity contribution is -0.422. The molecule has 0 saturated heterocycles. The van der Waals surface area contributed by atoms with Gasteiger partial charge in [0.15, 0.2) is 0 Å². The van der Waals surface area contributed by atoms with Gasteiger partial charge >= 0.3 is 35.8 Å². The predicted molar refractivity (Wildman–Crippen MR) is 60.5 cm³/mol. The highest BCUT2D eigenvalue weighted by atomic mass is 127. The molecule has 0 aliphatic carbocycles. The smallest absolute Gasteiger partial charge is 0.460 e. The minimum absolute atomic E-state index is 0.361. The number of carbonyl (C=O) groups is 1. The quantitative estimate of drug-likeness (QED) is 0.337. The van der Waals surface area contributed by atoms with Gasteiger partial charge in [0.25, 0.3) is 0 Å². The molecule has 1 atom stereocenters. The second-order valence-corrected chi connectivity index (χ2v) is 6.99. The van der Waals surface area contributed by atoms with Crippen LogP contribution in [0.3, 0.4) is 0 Å². The molecule has 0 aliphatic heterocycles. The Morgan fingerprint density at radius 3 is 1.43 bits per heavy atom. The fourth-order valence-corrected chi connectivity index (χ4v) is 1.69. The van der Waals surface area contributed by atoms with Crippen molar-refractivity contribution in [1.29, 1.82) is 0 Å². The van der Waals surface area contributed by atoms with Gasteiger partial charge < -0.3 is 5.11 Å². The van der Waals surface area contributed by atoms with Crippen LogP contribution in [0.4, 0.5) is 48.3 Å². The molecular weight excluding hydrogens is 476 g/mol. The van der Waals surface area contributed by atoms with Gasteiger partial charge in [-0.1, -0.05) is 22.6 Å². The van der Waals surface area contributed by atoms with Crippen molar-refractivity contribution < 1.29 is 58.2 Å². The number of carboxylic acid groups (broad SMARTS) is 1. The SMILES string of the molecule is CC(I)(CC(F)(F)C(F)(F)C(F)(F)C(F)(F)C(F)(F)F)C(=O)O.